The molecule has 0 aromatic heterocycles. The summed E-state index contributed by atoms with van der Waals surface area (Å²) in [7, 11) is -2.19. The summed E-state index contributed by atoms with van der Waals surface area (Å²) < 4.78 is 31.9. The zero-order valence-electron chi connectivity index (χ0n) is 25.8. The number of benzene rings is 3. The summed E-state index contributed by atoms with van der Waals surface area (Å²) in [6, 6.07) is 21.4. The van der Waals surface area contributed by atoms with Crippen molar-refractivity contribution >= 4 is 39.1 Å². The number of sulfonamides is 1. The molecule has 2 amide bonds. The molecule has 3 rings (SSSR count). The van der Waals surface area contributed by atoms with E-state index in [2.05, 4.69) is 5.32 Å². The van der Waals surface area contributed by atoms with Crippen LogP contribution in [0.1, 0.15) is 50.3 Å². The van der Waals surface area contributed by atoms with Crippen molar-refractivity contribution in [2.75, 3.05) is 24.2 Å². The van der Waals surface area contributed by atoms with Crippen LogP contribution in [0.15, 0.2) is 72.8 Å². The van der Waals surface area contributed by atoms with Gasteiger partial charge in [-0.05, 0) is 63.4 Å². The van der Waals surface area contributed by atoms with Crippen molar-refractivity contribution < 1.29 is 22.7 Å². The van der Waals surface area contributed by atoms with Crippen LogP contribution in [0.4, 0.5) is 5.69 Å². The highest BCUT2D eigenvalue weighted by Crippen LogP contribution is 2.30. The number of nitrogens with zero attached hydrogens (tertiary/aromatic N) is 2. The number of halogens is 1. The second-order valence-corrected chi connectivity index (χ2v) is 14.0. The van der Waals surface area contributed by atoms with Gasteiger partial charge in [0.1, 0.15) is 11.8 Å². The van der Waals surface area contributed by atoms with Gasteiger partial charge in [-0.25, -0.2) is 8.42 Å². The molecular formula is C33H42ClN3O5S. The van der Waals surface area contributed by atoms with Crippen molar-refractivity contribution in [3.8, 4) is 5.75 Å². The second-order valence-electron chi connectivity index (χ2n) is 11.7. The maximum absolute atomic E-state index is 14.0. The summed E-state index contributed by atoms with van der Waals surface area (Å²) in [6.45, 7) is 7.99. The van der Waals surface area contributed by atoms with Crippen LogP contribution >= 0.6 is 11.6 Å². The lowest BCUT2D eigenvalue weighted by Crippen LogP contribution is -2.54. The Morgan fingerprint density at radius 3 is 2.23 bits per heavy atom. The van der Waals surface area contributed by atoms with E-state index in [0.717, 1.165) is 22.9 Å². The van der Waals surface area contributed by atoms with Crippen LogP contribution in [0.25, 0.3) is 0 Å². The fourth-order valence-corrected chi connectivity index (χ4v) is 6.04. The van der Waals surface area contributed by atoms with Crippen LogP contribution in [0.3, 0.4) is 0 Å². The van der Waals surface area contributed by atoms with Gasteiger partial charge in [-0.15, -0.1) is 0 Å². The Hall–Kier alpha value is -3.56. The van der Waals surface area contributed by atoms with Gasteiger partial charge in [0.25, 0.3) is 0 Å². The first-order valence-electron chi connectivity index (χ1n) is 14.2. The fourth-order valence-electron chi connectivity index (χ4n) is 4.83. The monoisotopic (exact) mass is 627 g/mol. The number of anilines is 1. The quantitative estimate of drug-likeness (QED) is 0.260. The Kier molecular flexibility index (Phi) is 11.6. The number of nitrogens with one attached hydrogen (secondary N) is 1. The Bertz CT molecular complexity index is 1510. The van der Waals surface area contributed by atoms with E-state index in [1.54, 1.807) is 17.0 Å². The van der Waals surface area contributed by atoms with Gasteiger partial charge in [0, 0.05) is 31.5 Å². The second kappa shape index (κ2) is 14.8. The zero-order chi connectivity index (χ0) is 31.8. The summed E-state index contributed by atoms with van der Waals surface area (Å²) in [5.41, 5.74) is 2.76. The zero-order valence-corrected chi connectivity index (χ0v) is 27.3. The van der Waals surface area contributed by atoms with E-state index >= 15 is 0 Å². The molecule has 3 aromatic rings. The fraction of sp³-hybridized carbons (Fsp3) is 0.394. The first kappa shape index (κ1) is 33.9. The predicted molar refractivity (Wildman–Crippen MR) is 173 cm³/mol. The van der Waals surface area contributed by atoms with Crippen LogP contribution in [-0.4, -0.2) is 56.6 Å². The molecule has 1 atom stereocenters. The average molecular weight is 628 g/mol. The number of hydrogen-bond acceptors (Lipinski definition) is 5. The Balaban J connectivity index is 1.91. The van der Waals surface area contributed by atoms with Crippen LogP contribution in [-0.2, 0) is 32.6 Å². The molecule has 0 radical (unpaired) electrons. The highest BCUT2D eigenvalue weighted by Gasteiger charge is 2.32. The highest BCUT2D eigenvalue weighted by molar-refractivity contribution is 7.92. The number of carbonyl (C=O) groups excluding carboxylic acids is 2. The Morgan fingerprint density at radius 1 is 0.977 bits per heavy atom. The summed E-state index contributed by atoms with van der Waals surface area (Å²) in [6.07, 6.45) is 1.72. The van der Waals surface area contributed by atoms with Gasteiger partial charge in [-0.1, -0.05) is 71.8 Å². The molecule has 0 spiro atoms. The van der Waals surface area contributed by atoms with E-state index in [9.17, 15) is 18.0 Å². The number of aryl methyl sites for hydroxylation is 1. The van der Waals surface area contributed by atoms with Crippen LogP contribution in [0.2, 0.25) is 5.02 Å². The summed E-state index contributed by atoms with van der Waals surface area (Å²) in [4.78, 5) is 29.3. The highest BCUT2D eigenvalue weighted by atomic mass is 35.5. The summed E-state index contributed by atoms with van der Waals surface area (Å²) in [5, 5.41) is 3.34. The normalized spacial score (nSPS) is 12.3. The predicted octanol–water partition coefficient (Wildman–Crippen LogP) is 5.76. The largest absolute Gasteiger partial charge is 0.495 e. The number of rotatable bonds is 13. The molecule has 3 aromatic carbocycles. The molecule has 10 heteroatoms. The van der Waals surface area contributed by atoms with Gasteiger partial charge in [0.05, 0.1) is 24.1 Å². The van der Waals surface area contributed by atoms with Gasteiger partial charge in [0.15, 0.2) is 0 Å². The van der Waals surface area contributed by atoms with Crippen molar-refractivity contribution in [1.29, 1.82) is 0 Å². The third-order valence-corrected chi connectivity index (χ3v) is 8.27. The topological polar surface area (TPSA) is 96.0 Å². The van der Waals surface area contributed by atoms with E-state index < -0.39 is 21.6 Å². The Morgan fingerprint density at radius 2 is 1.65 bits per heavy atom. The SMILES string of the molecule is COc1ccc(N(CCCC(=O)N(Cc2cccc(C)c2)C(Cc2ccccc2)C(=O)NC(C)(C)C)S(C)(=O)=O)cc1Cl. The third-order valence-electron chi connectivity index (χ3n) is 6.78. The maximum Gasteiger partial charge on any atom is 0.243 e. The third kappa shape index (κ3) is 10.3. The summed E-state index contributed by atoms with van der Waals surface area (Å²) >= 11 is 6.27. The average Bonchev–Trinajstić information content (AvgIpc) is 2.92. The van der Waals surface area contributed by atoms with E-state index in [0.29, 0.717) is 17.9 Å². The number of methoxy groups -OCH3 is 1. The molecule has 0 heterocycles. The van der Waals surface area contributed by atoms with Gasteiger partial charge in [0.2, 0.25) is 21.8 Å². The molecule has 8 nitrogen and oxygen atoms in total. The number of ether oxygens (including phenoxy) is 1. The Labute approximate surface area is 261 Å². The van der Waals surface area contributed by atoms with Gasteiger partial charge in [-0.2, -0.15) is 0 Å². The summed E-state index contributed by atoms with van der Waals surface area (Å²) in [5.74, 6) is -0.0606. The molecular weight excluding hydrogens is 586 g/mol. The van der Waals surface area contributed by atoms with Gasteiger partial charge >= 0.3 is 0 Å². The minimum absolute atomic E-state index is 0.0375. The number of carbonyl (C=O) groups is 2. The van der Waals surface area contributed by atoms with Crippen molar-refractivity contribution in [1.82, 2.24) is 10.2 Å². The minimum Gasteiger partial charge on any atom is -0.495 e. The van der Waals surface area contributed by atoms with Gasteiger partial charge in [-0.3, -0.25) is 13.9 Å². The van der Waals surface area contributed by atoms with Crippen LogP contribution < -0.4 is 14.4 Å². The van der Waals surface area contributed by atoms with E-state index in [1.807, 2.05) is 82.3 Å². The molecule has 0 aliphatic rings. The molecule has 0 aliphatic carbocycles. The molecule has 0 bridgehead atoms. The molecule has 0 saturated heterocycles. The lowest BCUT2D eigenvalue weighted by atomic mass is 10.00. The van der Waals surface area contributed by atoms with Gasteiger partial charge < -0.3 is 15.0 Å². The lowest BCUT2D eigenvalue weighted by Gasteiger charge is -2.34. The molecule has 0 fully saturated rings. The van der Waals surface area contributed by atoms with Crippen molar-refractivity contribution in [3.05, 3.63) is 94.5 Å². The van der Waals surface area contributed by atoms with E-state index in [1.165, 1.54) is 17.5 Å². The van der Waals surface area contributed by atoms with Crippen LogP contribution in [0.5, 0.6) is 5.75 Å². The molecule has 1 unspecified atom stereocenters. The van der Waals surface area contributed by atoms with E-state index in [-0.39, 0.29) is 42.8 Å². The maximum atomic E-state index is 14.0. The number of amides is 2. The smallest absolute Gasteiger partial charge is 0.243 e. The molecule has 232 valence electrons. The molecule has 0 aliphatic heterocycles. The van der Waals surface area contributed by atoms with Crippen molar-refractivity contribution in [3.63, 3.8) is 0 Å². The van der Waals surface area contributed by atoms with Crippen LogP contribution in [0, 0.1) is 6.92 Å². The number of hydrogen-bond donors (Lipinski definition) is 1. The first-order valence-corrected chi connectivity index (χ1v) is 16.4. The van der Waals surface area contributed by atoms with E-state index in [4.69, 9.17) is 16.3 Å². The van der Waals surface area contributed by atoms with Crippen molar-refractivity contribution in [2.24, 2.45) is 0 Å². The molecule has 1 N–H and O–H groups in total. The molecule has 0 saturated carbocycles. The first-order chi connectivity index (χ1) is 20.2. The lowest BCUT2D eigenvalue weighted by molar-refractivity contribution is -0.142. The minimum atomic E-state index is -3.67. The van der Waals surface area contributed by atoms with Crippen molar-refractivity contribution in [2.45, 2.75) is 65.1 Å². The standard InChI is InChI=1S/C33H42ClN3O5S/c1-24-12-10-15-26(20-24)23-36(29(32(39)35-33(2,3)4)21-25-13-8-7-9-14-25)31(38)16-11-19-37(43(6,40)41)27-17-18-30(42-5)28(34)22-27/h7-10,12-15,17-18,20,22,29H,11,16,19,21,23H2,1-6H3,(H,35,39). The molecule has 43 heavy (non-hydrogen) atoms.